The molecule has 0 saturated carbocycles. The van der Waals surface area contributed by atoms with Gasteiger partial charge in [-0.3, -0.25) is 9.80 Å². The van der Waals surface area contributed by atoms with E-state index in [2.05, 4.69) is 71.5 Å². The fourth-order valence-corrected chi connectivity index (χ4v) is 5.42. The molecule has 2 saturated heterocycles. The van der Waals surface area contributed by atoms with Crippen LogP contribution in [0.2, 0.25) is 0 Å². The molecule has 2 fully saturated rings. The molecule has 0 aliphatic carbocycles. The Morgan fingerprint density at radius 2 is 1.25 bits per heavy atom. The van der Waals surface area contributed by atoms with E-state index in [1.165, 1.54) is 21.8 Å². The van der Waals surface area contributed by atoms with Crippen molar-refractivity contribution in [2.75, 3.05) is 39.3 Å². The minimum Gasteiger partial charge on any atom is -0.489 e. The lowest BCUT2D eigenvalue weighted by Gasteiger charge is -2.15. The van der Waals surface area contributed by atoms with Gasteiger partial charge < -0.3 is 14.0 Å². The van der Waals surface area contributed by atoms with Crippen molar-refractivity contribution < 1.29 is 9.47 Å². The summed E-state index contributed by atoms with van der Waals surface area (Å²) in [6, 6.07) is 13.3. The number of ether oxygens (including phenoxy) is 2. The van der Waals surface area contributed by atoms with Gasteiger partial charge in [0.15, 0.2) is 0 Å². The number of aryl methyl sites for hydroxylation is 1. The Bertz CT molecular complexity index is 994. The van der Waals surface area contributed by atoms with E-state index in [1.54, 1.807) is 0 Å². The third-order valence-corrected chi connectivity index (χ3v) is 7.21. The summed E-state index contributed by atoms with van der Waals surface area (Å²) in [4.78, 5) is 4.92. The molecule has 0 N–H and O–H groups in total. The molecule has 2 unspecified atom stereocenters. The Kier molecular flexibility index (Phi) is 6.29. The van der Waals surface area contributed by atoms with Gasteiger partial charge >= 0.3 is 0 Å². The van der Waals surface area contributed by atoms with E-state index in [0.717, 1.165) is 76.6 Å². The first-order valence-electron chi connectivity index (χ1n) is 12.5. The molecule has 32 heavy (non-hydrogen) atoms. The van der Waals surface area contributed by atoms with Gasteiger partial charge in [-0.2, -0.15) is 0 Å². The second kappa shape index (κ2) is 9.32. The maximum Gasteiger partial charge on any atom is 0.120 e. The largest absolute Gasteiger partial charge is 0.489 e. The molecule has 172 valence electrons. The summed E-state index contributed by atoms with van der Waals surface area (Å²) < 4.78 is 15.3. The van der Waals surface area contributed by atoms with Gasteiger partial charge in [0.05, 0.1) is 0 Å². The summed E-state index contributed by atoms with van der Waals surface area (Å²) in [5.74, 6) is 1.97. The third-order valence-electron chi connectivity index (χ3n) is 7.21. The molecular formula is C27H37N3O2. The zero-order valence-corrected chi connectivity index (χ0v) is 19.8. The number of hydrogen-bond donors (Lipinski definition) is 0. The van der Waals surface area contributed by atoms with Crippen LogP contribution in [0.3, 0.4) is 0 Å². The van der Waals surface area contributed by atoms with Gasteiger partial charge in [-0.1, -0.05) is 20.8 Å². The molecule has 5 heteroatoms. The lowest BCUT2D eigenvalue weighted by molar-refractivity contribution is 0.202. The highest BCUT2D eigenvalue weighted by Gasteiger charge is 2.24. The van der Waals surface area contributed by atoms with Crippen molar-refractivity contribution in [1.82, 2.24) is 14.4 Å². The van der Waals surface area contributed by atoms with Crippen LogP contribution in [0.5, 0.6) is 11.5 Å². The summed E-state index contributed by atoms with van der Waals surface area (Å²) >= 11 is 0. The number of likely N-dealkylation sites (tertiary alicyclic amines) is 2. The van der Waals surface area contributed by atoms with E-state index < -0.39 is 0 Å². The van der Waals surface area contributed by atoms with Crippen molar-refractivity contribution in [3.05, 3.63) is 36.4 Å². The zero-order valence-electron chi connectivity index (χ0n) is 19.8. The Balaban J connectivity index is 1.46. The van der Waals surface area contributed by atoms with Crippen LogP contribution < -0.4 is 9.47 Å². The number of likely N-dealkylation sites (N-methyl/N-ethyl adjacent to an activating group) is 2. The highest BCUT2D eigenvalue weighted by molar-refractivity contribution is 6.09. The number of fused-ring (bicyclic) bond motifs is 3. The number of nitrogens with zero attached hydrogens (tertiary/aromatic N) is 3. The average molecular weight is 436 g/mol. The highest BCUT2D eigenvalue weighted by Crippen LogP contribution is 2.35. The number of aromatic nitrogens is 1. The minimum atomic E-state index is 0.291. The lowest BCUT2D eigenvalue weighted by Crippen LogP contribution is -2.24. The maximum atomic E-state index is 6.41. The predicted octanol–water partition coefficient (Wildman–Crippen LogP) is 5.15. The second-order valence-corrected chi connectivity index (χ2v) is 9.35. The monoisotopic (exact) mass is 435 g/mol. The molecule has 3 aromatic rings. The SMILES string of the molecule is CCCn1c2ccc(OC3CCN(CC)C3)cc2c2cc(OC3CCN(CC)C3)ccc21. The quantitative estimate of drug-likeness (QED) is 0.489. The van der Waals surface area contributed by atoms with Crippen LogP contribution in [-0.4, -0.2) is 65.8 Å². The van der Waals surface area contributed by atoms with Crippen LogP contribution >= 0.6 is 0 Å². The molecule has 2 aliphatic heterocycles. The van der Waals surface area contributed by atoms with Gasteiger partial charge in [0.2, 0.25) is 0 Å². The van der Waals surface area contributed by atoms with Crippen molar-refractivity contribution >= 4 is 21.8 Å². The molecule has 0 amide bonds. The van der Waals surface area contributed by atoms with Gasteiger partial charge in [-0.25, -0.2) is 0 Å². The minimum absolute atomic E-state index is 0.291. The van der Waals surface area contributed by atoms with Crippen molar-refractivity contribution in [3.63, 3.8) is 0 Å². The van der Waals surface area contributed by atoms with E-state index >= 15 is 0 Å². The normalized spacial score (nSPS) is 22.3. The fourth-order valence-electron chi connectivity index (χ4n) is 5.42. The van der Waals surface area contributed by atoms with E-state index in [1.807, 2.05) is 0 Å². The zero-order chi connectivity index (χ0) is 22.1. The van der Waals surface area contributed by atoms with Gasteiger partial charge in [0, 0.05) is 54.5 Å². The van der Waals surface area contributed by atoms with Gasteiger partial charge in [0.1, 0.15) is 23.7 Å². The number of benzene rings is 2. The molecule has 2 aromatic carbocycles. The van der Waals surface area contributed by atoms with Crippen molar-refractivity contribution in [2.24, 2.45) is 0 Å². The first-order valence-corrected chi connectivity index (χ1v) is 12.5. The molecule has 0 bridgehead atoms. The van der Waals surface area contributed by atoms with Gasteiger partial charge in [-0.05, 0) is 68.8 Å². The summed E-state index contributed by atoms with van der Waals surface area (Å²) in [5.41, 5.74) is 2.57. The Hall–Kier alpha value is -2.24. The highest BCUT2D eigenvalue weighted by atomic mass is 16.5. The van der Waals surface area contributed by atoms with Crippen molar-refractivity contribution in [3.8, 4) is 11.5 Å². The van der Waals surface area contributed by atoms with Crippen molar-refractivity contribution in [2.45, 2.75) is 58.8 Å². The van der Waals surface area contributed by atoms with Crippen LogP contribution in [-0.2, 0) is 6.54 Å². The van der Waals surface area contributed by atoms with E-state index in [9.17, 15) is 0 Å². The Morgan fingerprint density at radius 3 is 1.66 bits per heavy atom. The number of rotatable bonds is 8. The smallest absolute Gasteiger partial charge is 0.120 e. The predicted molar refractivity (Wildman–Crippen MR) is 132 cm³/mol. The molecule has 5 rings (SSSR count). The molecule has 2 atom stereocenters. The molecule has 2 aliphatic rings. The molecular weight excluding hydrogens is 398 g/mol. The van der Waals surface area contributed by atoms with E-state index in [0.29, 0.717) is 12.2 Å². The van der Waals surface area contributed by atoms with Crippen LogP contribution in [0, 0.1) is 0 Å². The topological polar surface area (TPSA) is 29.9 Å². The second-order valence-electron chi connectivity index (χ2n) is 9.35. The van der Waals surface area contributed by atoms with Crippen molar-refractivity contribution in [1.29, 1.82) is 0 Å². The molecule has 3 heterocycles. The lowest BCUT2D eigenvalue weighted by atomic mass is 10.1. The fraction of sp³-hybridized carbons (Fsp3) is 0.556. The summed E-state index contributed by atoms with van der Waals surface area (Å²) in [6.07, 6.45) is 3.91. The maximum absolute atomic E-state index is 6.41. The van der Waals surface area contributed by atoms with Crippen LogP contribution in [0.25, 0.3) is 21.8 Å². The standard InChI is InChI=1S/C27H37N3O2/c1-4-13-30-26-9-7-20(31-22-11-14-28(5-2)18-22)16-24(26)25-17-21(8-10-27(25)30)32-23-12-15-29(6-3)19-23/h7-10,16-17,22-23H,4-6,11-15,18-19H2,1-3H3. The van der Waals surface area contributed by atoms with Gasteiger partial charge in [-0.15, -0.1) is 0 Å². The van der Waals surface area contributed by atoms with Gasteiger partial charge in [0.25, 0.3) is 0 Å². The van der Waals surface area contributed by atoms with E-state index in [-0.39, 0.29) is 0 Å². The molecule has 1 aromatic heterocycles. The van der Waals surface area contributed by atoms with Crippen LogP contribution in [0.4, 0.5) is 0 Å². The first-order chi connectivity index (χ1) is 15.7. The van der Waals surface area contributed by atoms with Crippen LogP contribution in [0.1, 0.15) is 40.0 Å². The summed E-state index contributed by atoms with van der Waals surface area (Å²) in [6.45, 7) is 14.2. The Labute approximate surface area is 191 Å². The summed E-state index contributed by atoms with van der Waals surface area (Å²) in [7, 11) is 0. The molecule has 0 spiro atoms. The summed E-state index contributed by atoms with van der Waals surface area (Å²) in [5, 5.41) is 2.53. The average Bonchev–Trinajstić information content (AvgIpc) is 3.53. The number of hydrogen-bond acceptors (Lipinski definition) is 4. The molecule has 0 radical (unpaired) electrons. The third kappa shape index (κ3) is 4.20. The van der Waals surface area contributed by atoms with E-state index in [4.69, 9.17) is 9.47 Å². The molecule has 5 nitrogen and oxygen atoms in total. The van der Waals surface area contributed by atoms with Crippen LogP contribution in [0.15, 0.2) is 36.4 Å². The Morgan fingerprint density at radius 1 is 0.750 bits per heavy atom. The first kappa shape index (κ1) is 21.6.